The van der Waals surface area contributed by atoms with Gasteiger partial charge in [-0.15, -0.1) is 0 Å². The van der Waals surface area contributed by atoms with Gasteiger partial charge in [0, 0.05) is 0 Å². The van der Waals surface area contributed by atoms with E-state index >= 15 is 0 Å². The molecule has 0 aromatic carbocycles. The lowest BCUT2D eigenvalue weighted by molar-refractivity contribution is -0.146. The first-order valence-corrected chi connectivity index (χ1v) is 5.20. The summed E-state index contributed by atoms with van der Waals surface area (Å²) < 4.78 is 23.8. The Labute approximate surface area is 92.0 Å². The van der Waals surface area contributed by atoms with Crippen molar-refractivity contribution in [2.24, 2.45) is 17.8 Å². The number of carboxylic acid groups (broad SMARTS) is 1. The average molecular weight is 235 g/mol. The minimum atomic E-state index is -2.61. The van der Waals surface area contributed by atoms with Crippen LogP contribution in [0.3, 0.4) is 0 Å². The lowest BCUT2D eigenvalue weighted by Crippen LogP contribution is -2.37. The first kappa shape index (κ1) is 12.9. The SMILES string of the molecule is CC1CC(C(=O)O)C(C(=O)NCC(F)F)C1. The van der Waals surface area contributed by atoms with Gasteiger partial charge in [-0.2, -0.15) is 0 Å². The number of halogens is 2. The Morgan fingerprint density at radius 3 is 2.44 bits per heavy atom. The third kappa shape index (κ3) is 3.15. The molecule has 0 spiro atoms. The van der Waals surface area contributed by atoms with Crippen LogP contribution in [-0.4, -0.2) is 30.0 Å². The van der Waals surface area contributed by atoms with E-state index in [1.807, 2.05) is 6.92 Å². The number of alkyl halides is 2. The maximum absolute atomic E-state index is 11.9. The van der Waals surface area contributed by atoms with Crippen molar-refractivity contribution in [3.63, 3.8) is 0 Å². The fourth-order valence-electron chi connectivity index (χ4n) is 2.16. The smallest absolute Gasteiger partial charge is 0.307 e. The zero-order valence-corrected chi connectivity index (χ0v) is 8.95. The Hall–Kier alpha value is -1.20. The summed E-state index contributed by atoms with van der Waals surface area (Å²) in [5.74, 6) is -2.87. The van der Waals surface area contributed by atoms with Crippen LogP contribution in [0.15, 0.2) is 0 Å². The monoisotopic (exact) mass is 235 g/mol. The van der Waals surface area contributed by atoms with E-state index in [-0.39, 0.29) is 5.92 Å². The quantitative estimate of drug-likeness (QED) is 0.767. The van der Waals surface area contributed by atoms with E-state index in [4.69, 9.17) is 5.11 Å². The number of hydrogen-bond acceptors (Lipinski definition) is 2. The number of carboxylic acids is 1. The summed E-state index contributed by atoms with van der Waals surface area (Å²) in [4.78, 5) is 22.4. The minimum Gasteiger partial charge on any atom is -0.481 e. The zero-order valence-electron chi connectivity index (χ0n) is 8.95. The predicted molar refractivity (Wildman–Crippen MR) is 52.0 cm³/mol. The molecule has 1 fully saturated rings. The van der Waals surface area contributed by atoms with Gasteiger partial charge >= 0.3 is 5.97 Å². The van der Waals surface area contributed by atoms with Gasteiger partial charge in [-0.25, -0.2) is 8.78 Å². The maximum atomic E-state index is 11.9. The van der Waals surface area contributed by atoms with Gasteiger partial charge in [0.2, 0.25) is 5.91 Å². The fourth-order valence-corrected chi connectivity index (χ4v) is 2.16. The Bertz CT molecular complexity index is 283. The van der Waals surface area contributed by atoms with E-state index < -0.39 is 36.7 Å². The molecule has 0 aromatic rings. The lowest BCUT2D eigenvalue weighted by Gasteiger charge is -2.15. The van der Waals surface area contributed by atoms with Crippen LogP contribution in [0.2, 0.25) is 0 Å². The molecule has 0 saturated heterocycles. The van der Waals surface area contributed by atoms with Crippen LogP contribution in [0.25, 0.3) is 0 Å². The highest BCUT2D eigenvalue weighted by atomic mass is 19.3. The van der Waals surface area contributed by atoms with Crippen molar-refractivity contribution in [2.75, 3.05) is 6.54 Å². The molecule has 6 heteroatoms. The van der Waals surface area contributed by atoms with Gasteiger partial charge in [0.25, 0.3) is 6.43 Å². The molecule has 3 unspecified atom stereocenters. The van der Waals surface area contributed by atoms with Crippen molar-refractivity contribution in [1.82, 2.24) is 5.32 Å². The van der Waals surface area contributed by atoms with Crippen LogP contribution >= 0.6 is 0 Å². The van der Waals surface area contributed by atoms with E-state index in [2.05, 4.69) is 5.32 Å². The van der Waals surface area contributed by atoms with Crippen LogP contribution in [-0.2, 0) is 9.59 Å². The Balaban J connectivity index is 2.56. The standard InChI is InChI=1S/C10H15F2NO3/c1-5-2-6(7(3-5)10(15)16)9(14)13-4-8(11)12/h5-8H,2-4H2,1H3,(H,13,14)(H,15,16). The highest BCUT2D eigenvalue weighted by Gasteiger charge is 2.41. The maximum Gasteiger partial charge on any atom is 0.307 e. The van der Waals surface area contributed by atoms with E-state index in [9.17, 15) is 18.4 Å². The third-order valence-corrected chi connectivity index (χ3v) is 2.88. The summed E-state index contributed by atoms with van der Waals surface area (Å²) in [6, 6.07) is 0. The molecule has 0 bridgehead atoms. The molecular formula is C10H15F2NO3. The summed E-state index contributed by atoms with van der Waals surface area (Å²) in [6.45, 7) is 1.15. The van der Waals surface area contributed by atoms with Crippen molar-refractivity contribution < 1.29 is 23.5 Å². The molecule has 1 rings (SSSR count). The highest BCUT2D eigenvalue weighted by molar-refractivity contribution is 5.85. The van der Waals surface area contributed by atoms with E-state index in [1.165, 1.54) is 0 Å². The van der Waals surface area contributed by atoms with Gasteiger partial charge in [0.05, 0.1) is 18.4 Å². The largest absolute Gasteiger partial charge is 0.481 e. The summed E-state index contributed by atoms with van der Waals surface area (Å²) in [7, 11) is 0. The number of carbonyl (C=O) groups excluding carboxylic acids is 1. The van der Waals surface area contributed by atoms with Crippen molar-refractivity contribution in [1.29, 1.82) is 0 Å². The molecule has 0 radical (unpaired) electrons. The molecule has 4 nitrogen and oxygen atoms in total. The third-order valence-electron chi connectivity index (χ3n) is 2.88. The second kappa shape index (κ2) is 5.23. The molecule has 92 valence electrons. The Morgan fingerprint density at radius 1 is 1.38 bits per heavy atom. The van der Waals surface area contributed by atoms with Gasteiger partial charge in [-0.3, -0.25) is 9.59 Å². The van der Waals surface area contributed by atoms with Crippen molar-refractivity contribution in [3.8, 4) is 0 Å². The van der Waals surface area contributed by atoms with Gasteiger partial charge in [-0.1, -0.05) is 6.92 Å². The molecule has 3 atom stereocenters. The molecule has 2 N–H and O–H groups in total. The molecule has 0 aromatic heterocycles. The number of rotatable bonds is 4. The summed E-state index contributed by atoms with van der Waals surface area (Å²) in [5, 5.41) is 11.0. The number of aliphatic carboxylic acids is 1. The van der Waals surface area contributed by atoms with Crippen LogP contribution in [0.1, 0.15) is 19.8 Å². The van der Waals surface area contributed by atoms with Crippen LogP contribution in [0, 0.1) is 17.8 Å². The van der Waals surface area contributed by atoms with Crippen LogP contribution in [0.5, 0.6) is 0 Å². The summed E-state index contributed by atoms with van der Waals surface area (Å²) in [5.41, 5.74) is 0. The average Bonchev–Trinajstić information content (AvgIpc) is 2.56. The molecule has 1 amide bonds. The second-order valence-corrected chi connectivity index (χ2v) is 4.26. The normalized spacial score (nSPS) is 29.4. The first-order chi connectivity index (χ1) is 7.41. The fraction of sp³-hybridized carbons (Fsp3) is 0.800. The van der Waals surface area contributed by atoms with Gasteiger partial charge in [0.1, 0.15) is 0 Å². The molecule has 0 heterocycles. The molecule has 1 aliphatic carbocycles. The Morgan fingerprint density at radius 2 is 1.94 bits per heavy atom. The summed E-state index contributed by atoms with van der Waals surface area (Å²) >= 11 is 0. The van der Waals surface area contributed by atoms with E-state index in [1.54, 1.807) is 0 Å². The topological polar surface area (TPSA) is 66.4 Å². The molecule has 1 aliphatic rings. The number of hydrogen-bond donors (Lipinski definition) is 2. The van der Waals surface area contributed by atoms with Gasteiger partial charge < -0.3 is 10.4 Å². The van der Waals surface area contributed by atoms with Crippen LogP contribution < -0.4 is 5.32 Å². The number of nitrogens with one attached hydrogen (secondary N) is 1. The second-order valence-electron chi connectivity index (χ2n) is 4.26. The zero-order chi connectivity index (χ0) is 12.3. The lowest BCUT2D eigenvalue weighted by atomic mass is 9.95. The van der Waals surface area contributed by atoms with Gasteiger partial charge in [0.15, 0.2) is 0 Å². The number of carbonyl (C=O) groups is 2. The first-order valence-electron chi connectivity index (χ1n) is 5.20. The van der Waals surface area contributed by atoms with Crippen molar-refractivity contribution in [3.05, 3.63) is 0 Å². The molecule has 16 heavy (non-hydrogen) atoms. The number of amides is 1. The summed E-state index contributed by atoms with van der Waals surface area (Å²) in [6.07, 6.45) is -1.72. The van der Waals surface area contributed by atoms with Crippen molar-refractivity contribution in [2.45, 2.75) is 26.2 Å². The molecule has 1 saturated carbocycles. The molecular weight excluding hydrogens is 220 g/mol. The van der Waals surface area contributed by atoms with Gasteiger partial charge in [-0.05, 0) is 18.8 Å². The molecule has 0 aliphatic heterocycles. The highest BCUT2D eigenvalue weighted by Crippen LogP contribution is 2.36. The Kier molecular flexibility index (Phi) is 4.20. The van der Waals surface area contributed by atoms with E-state index in [0.29, 0.717) is 12.8 Å². The van der Waals surface area contributed by atoms with Crippen molar-refractivity contribution >= 4 is 11.9 Å². The van der Waals surface area contributed by atoms with Crippen LogP contribution in [0.4, 0.5) is 8.78 Å². The predicted octanol–water partition coefficient (Wildman–Crippen LogP) is 1.11. The minimum absolute atomic E-state index is 0.142. The van der Waals surface area contributed by atoms with E-state index in [0.717, 1.165) is 0 Å².